The summed E-state index contributed by atoms with van der Waals surface area (Å²) in [6.07, 6.45) is 9.28. The minimum absolute atomic E-state index is 0.0985. The summed E-state index contributed by atoms with van der Waals surface area (Å²) >= 11 is 0. The number of aliphatic hydroxyl groups is 1. The summed E-state index contributed by atoms with van der Waals surface area (Å²) in [5, 5.41) is 12.2. The van der Waals surface area contributed by atoms with Crippen LogP contribution in [0.3, 0.4) is 0 Å². The van der Waals surface area contributed by atoms with Crippen LogP contribution in [0.1, 0.15) is 51.4 Å². The summed E-state index contributed by atoms with van der Waals surface area (Å²) in [5.74, 6) is 0.116. The maximum Gasteiger partial charge on any atom is 0.237 e. The Kier molecular flexibility index (Phi) is 5.45. The molecule has 4 nitrogen and oxygen atoms in total. The molecule has 2 fully saturated rings. The average Bonchev–Trinajstić information content (AvgIpc) is 2.72. The van der Waals surface area contributed by atoms with Crippen molar-refractivity contribution in [3.8, 4) is 0 Å². The molecule has 0 aromatic rings. The first kappa shape index (κ1) is 13.8. The Morgan fingerprint density at radius 1 is 1.17 bits per heavy atom. The number of rotatable bonds is 3. The first-order valence-corrected chi connectivity index (χ1v) is 7.47. The number of nitrogens with zero attached hydrogens (tertiary/aromatic N) is 1. The van der Waals surface area contributed by atoms with Crippen molar-refractivity contribution < 1.29 is 9.90 Å². The lowest BCUT2D eigenvalue weighted by molar-refractivity contribution is -0.127. The molecule has 1 aliphatic heterocycles. The summed E-state index contributed by atoms with van der Waals surface area (Å²) in [6.45, 7) is 1.87. The third kappa shape index (κ3) is 3.45. The van der Waals surface area contributed by atoms with Gasteiger partial charge >= 0.3 is 0 Å². The van der Waals surface area contributed by atoms with Crippen LogP contribution in [0, 0.1) is 0 Å². The molecule has 0 radical (unpaired) electrons. The monoisotopic (exact) mass is 254 g/mol. The summed E-state index contributed by atoms with van der Waals surface area (Å²) in [7, 11) is 0. The molecule has 104 valence electrons. The predicted octanol–water partition coefficient (Wildman–Crippen LogP) is 1.28. The highest BCUT2D eigenvalue weighted by Crippen LogP contribution is 2.25. The van der Waals surface area contributed by atoms with Gasteiger partial charge in [-0.1, -0.05) is 25.7 Å². The molecule has 2 N–H and O–H groups in total. The van der Waals surface area contributed by atoms with Crippen LogP contribution in [0.25, 0.3) is 0 Å². The average molecular weight is 254 g/mol. The standard InChI is InChI=1S/C14H26N2O2/c17-11-8-13-14(18)15-9-5-10-16(13)12-6-3-1-2-4-7-12/h12-13,17H,1-11H2,(H,15,18). The lowest BCUT2D eigenvalue weighted by Crippen LogP contribution is -2.49. The number of hydrogen-bond donors (Lipinski definition) is 2. The molecule has 1 aliphatic carbocycles. The molecular formula is C14H26N2O2. The highest BCUT2D eigenvalue weighted by Gasteiger charge is 2.32. The van der Waals surface area contributed by atoms with E-state index in [2.05, 4.69) is 10.2 Å². The molecule has 2 rings (SSSR count). The van der Waals surface area contributed by atoms with Crippen LogP contribution in [0.2, 0.25) is 0 Å². The van der Waals surface area contributed by atoms with E-state index in [0.717, 1.165) is 19.5 Å². The van der Waals surface area contributed by atoms with E-state index >= 15 is 0 Å². The van der Waals surface area contributed by atoms with E-state index in [4.69, 9.17) is 0 Å². The van der Waals surface area contributed by atoms with Gasteiger partial charge in [-0.15, -0.1) is 0 Å². The first-order chi connectivity index (χ1) is 8.83. The van der Waals surface area contributed by atoms with Crippen molar-refractivity contribution >= 4 is 5.91 Å². The van der Waals surface area contributed by atoms with Crippen molar-refractivity contribution in [3.05, 3.63) is 0 Å². The Bertz CT molecular complexity index is 263. The van der Waals surface area contributed by atoms with E-state index in [9.17, 15) is 9.90 Å². The van der Waals surface area contributed by atoms with Gasteiger partial charge in [-0.25, -0.2) is 0 Å². The fourth-order valence-electron chi connectivity index (χ4n) is 3.34. The molecule has 1 saturated carbocycles. The Morgan fingerprint density at radius 3 is 2.56 bits per heavy atom. The van der Waals surface area contributed by atoms with E-state index in [1.807, 2.05) is 0 Å². The lowest BCUT2D eigenvalue weighted by Gasteiger charge is -2.35. The predicted molar refractivity (Wildman–Crippen MR) is 71.3 cm³/mol. The first-order valence-electron chi connectivity index (χ1n) is 7.47. The largest absolute Gasteiger partial charge is 0.396 e. The van der Waals surface area contributed by atoms with Crippen molar-refractivity contribution in [2.45, 2.75) is 63.5 Å². The number of nitrogens with one attached hydrogen (secondary N) is 1. The Balaban J connectivity index is 2.06. The Morgan fingerprint density at radius 2 is 1.89 bits per heavy atom. The zero-order valence-electron chi connectivity index (χ0n) is 11.2. The van der Waals surface area contributed by atoms with Crippen molar-refractivity contribution in [2.24, 2.45) is 0 Å². The molecule has 18 heavy (non-hydrogen) atoms. The van der Waals surface area contributed by atoms with Gasteiger partial charge in [-0.3, -0.25) is 9.69 Å². The highest BCUT2D eigenvalue weighted by molar-refractivity contribution is 5.82. The summed E-state index contributed by atoms with van der Waals surface area (Å²) in [4.78, 5) is 14.5. The number of amides is 1. The zero-order chi connectivity index (χ0) is 12.8. The number of hydrogen-bond acceptors (Lipinski definition) is 3. The molecule has 4 heteroatoms. The topological polar surface area (TPSA) is 52.6 Å². The second kappa shape index (κ2) is 7.10. The quantitative estimate of drug-likeness (QED) is 0.746. The SMILES string of the molecule is O=C1NCCCN(C2CCCCCC2)C1CCO. The fourth-order valence-corrected chi connectivity index (χ4v) is 3.34. The fraction of sp³-hybridized carbons (Fsp3) is 0.929. The second-order valence-corrected chi connectivity index (χ2v) is 5.56. The maximum atomic E-state index is 12.1. The Hall–Kier alpha value is -0.610. The van der Waals surface area contributed by atoms with Gasteiger partial charge in [0.2, 0.25) is 5.91 Å². The van der Waals surface area contributed by atoms with Crippen LogP contribution < -0.4 is 5.32 Å². The molecule has 0 bridgehead atoms. The molecule has 0 aromatic carbocycles. The second-order valence-electron chi connectivity index (χ2n) is 5.56. The minimum atomic E-state index is -0.111. The number of carbonyl (C=O) groups excluding carboxylic acids is 1. The van der Waals surface area contributed by atoms with E-state index in [1.54, 1.807) is 0 Å². The number of carbonyl (C=O) groups is 1. The van der Waals surface area contributed by atoms with E-state index < -0.39 is 0 Å². The maximum absolute atomic E-state index is 12.1. The van der Waals surface area contributed by atoms with Gasteiger partial charge in [-0.05, 0) is 25.7 Å². The van der Waals surface area contributed by atoms with Crippen molar-refractivity contribution in [1.82, 2.24) is 10.2 Å². The zero-order valence-corrected chi connectivity index (χ0v) is 11.2. The summed E-state index contributed by atoms with van der Waals surface area (Å²) in [6, 6.07) is 0.438. The normalized spacial score (nSPS) is 28.5. The third-order valence-electron chi connectivity index (χ3n) is 4.29. The van der Waals surface area contributed by atoms with Crippen LogP contribution >= 0.6 is 0 Å². The molecule has 1 amide bonds. The van der Waals surface area contributed by atoms with Gasteiger partial charge < -0.3 is 10.4 Å². The Labute approximate surface area is 110 Å². The van der Waals surface area contributed by atoms with Gasteiger partial charge in [0.05, 0.1) is 6.04 Å². The smallest absolute Gasteiger partial charge is 0.237 e. The van der Waals surface area contributed by atoms with Crippen LogP contribution in [-0.4, -0.2) is 47.7 Å². The molecule has 0 aromatic heterocycles. The molecular weight excluding hydrogens is 228 g/mol. The van der Waals surface area contributed by atoms with Crippen molar-refractivity contribution in [3.63, 3.8) is 0 Å². The summed E-state index contributed by atoms with van der Waals surface area (Å²) < 4.78 is 0. The van der Waals surface area contributed by atoms with Crippen LogP contribution in [0.5, 0.6) is 0 Å². The van der Waals surface area contributed by atoms with Gasteiger partial charge in [0, 0.05) is 25.7 Å². The van der Waals surface area contributed by atoms with Crippen LogP contribution in [0.4, 0.5) is 0 Å². The van der Waals surface area contributed by atoms with Crippen molar-refractivity contribution in [1.29, 1.82) is 0 Å². The van der Waals surface area contributed by atoms with E-state index in [-0.39, 0.29) is 18.6 Å². The molecule has 1 unspecified atom stereocenters. The molecule has 1 atom stereocenters. The molecule has 1 saturated heterocycles. The lowest BCUT2D eigenvalue weighted by atomic mass is 10.0. The van der Waals surface area contributed by atoms with E-state index in [0.29, 0.717) is 12.5 Å². The van der Waals surface area contributed by atoms with Crippen LogP contribution in [-0.2, 0) is 4.79 Å². The molecule has 0 spiro atoms. The molecule has 2 aliphatic rings. The molecule has 1 heterocycles. The highest BCUT2D eigenvalue weighted by atomic mass is 16.3. The summed E-state index contributed by atoms with van der Waals surface area (Å²) in [5.41, 5.74) is 0. The van der Waals surface area contributed by atoms with Crippen LogP contribution in [0.15, 0.2) is 0 Å². The van der Waals surface area contributed by atoms with Gasteiger partial charge in [0.25, 0.3) is 0 Å². The van der Waals surface area contributed by atoms with Gasteiger partial charge in [0.1, 0.15) is 0 Å². The third-order valence-corrected chi connectivity index (χ3v) is 4.29. The minimum Gasteiger partial charge on any atom is -0.396 e. The van der Waals surface area contributed by atoms with Gasteiger partial charge in [0.15, 0.2) is 0 Å². The van der Waals surface area contributed by atoms with E-state index in [1.165, 1.54) is 38.5 Å². The van der Waals surface area contributed by atoms with Crippen molar-refractivity contribution in [2.75, 3.05) is 19.7 Å². The van der Waals surface area contributed by atoms with Gasteiger partial charge in [-0.2, -0.15) is 0 Å². The number of aliphatic hydroxyl groups excluding tert-OH is 1.